The number of hydrogen-bond acceptors (Lipinski definition) is 4. The number of nitrogens with one attached hydrogen (secondary N) is 2. The Labute approximate surface area is 166 Å². The van der Waals surface area contributed by atoms with Crippen LogP contribution in [-0.4, -0.2) is 25.7 Å². The maximum absolute atomic E-state index is 13.2. The molecule has 0 spiro atoms. The summed E-state index contributed by atoms with van der Waals surface area (Å²) in [6, 6.07) is 10.9. The highest BCUT2D eigenvalue weighted by Gasteiger charge is 2.15. The zero-order valence-electron chi connectivity index (χ0n) is 14.6. The fourth-order valence-corrected chi connectivity index (χ4v) is 2.94. The van der Waals surface area contributed by atoms with Crippen molar-refractivity contribution in [2.24, 2.45) is 0 Å². The second kappa shape index (κ2) is 7.44. The number of benzene rings is 2. The van der Waals surface area contributed by atoms with E-state index in [9.17, 15) is 18.4 Å². The van der Waals surface area contributed by atoms with Gasteiger partial charge in [0.05, 0.1) is 17.1 Å². The van der Waals surface area contributed by atoms with Crippen LogP contribution < -0.4 is 10.9 Å². The number of fused-ring (bicyclic) bond motifs is 1. The molecule has 0 radical (unpaired) electrons. The molecule has 2 N–H and O–H groups in total. The summed E-state index contributed by atoms with van der Waals surface area (Å²) >= 11 is 5.71. The van der Waals surface area contributed by atoms with Gasteiger partial charge in [-0.15, -0.1) is 0 Å². The lowest BCUT2D eigenvalue weighted by Crippen LogP contribution is -2.22. The average molecular weight is 416 g/mol. The van der Waals surface area contributed by atoms with E-state index >= 15 is 0 Å². The number of carbonyl (C=O) groups excluding carboxylic acids is 1. The van der Waals surface area contributed by atoms with Crippen molar-refractivity contribution in [1.29, 1.82) is 0 Å². The molecule has 2 aromatic carbocycles. The zero-order chi connectivity index (χ0) is 20.5. The van der Waals surface area contributed by atoms with Gasteiger partial charge in [-0.05, 0) is 48.5 Å². The summed E-state index contributed by atoms with van der Waals surface area (Å²) in [5.74, 6) is -1.28. The monoisotopic (exact) mass is 415 g/mol. The van der Waals surface area contributed by atoms with Gasteiger partial charge in [0.15, 0.2) is 5.82 Å². The van der Waals surface area contributed by atoms with Gasteiger partial charge in [-0.1, -0.05) is 11.6 Å². The van der Waals surface area contributed by atoms with Crippen molar-refractivity contribution in [1.82, 2.24) is 19.8 Å². The Balaban J connectivity index is 1.64. The van der Waals surface area contributed by atoms with Crippen LogP contribution >= 0.6 is 11.6 Å². The van der Waals surface area contributed by atoms with Crippen molar-refractivity contribution in [3.8, 4) is 11.3 Å². The number of rotatable bonds is 4. The molecular formula is C19H12ClF2N5O2. The first-order valence-electron chi connectivity index (χ1n) is 8.39. The summed E-state index contributed by atoms with van der Waals surface area (Å²) in [6.07, 6.45) is -0.215. The van der Waals surface area contributed by atoms with E-state index in [0.717, 1.165) is 6.07 Å². The second-order valence-electron chi connectivity index (χ2n) is 6.16. The molecule has 0 aliphatic carbocycles. The van der Waals surface area contributed by atoms with Crippen molar-refractivity contribution < 1.29 is 13.6 Å². The van der Waals surface area contributed by atoms with Crippen LogP contribution in [-0.2, 0) is 11.2 Å². The van der Waals surface area contributed by atoms with Crippen LogP contribution in [0.3, 0.4) is 0 Å². The summed E-state index contributed by atoms with van der Waals surface area (Å²) in [7, 11) is 0. The maximum Gasteiger partial charge on any atom is 0.290 e. The number of aromatic amines is 1. The molecular weight excluding hydrogens is 404 g/mol. The van der Waals surface area contributed by atoms with Crippen molar-refractivity contribution in [2.45, 2.75) is 6.42 Å². The smallest absolute Gasteiger partial charge is 0.290 e. The van der Waals surface area contributed by atoms with Gasteiger partial charge < -0.3 is 5.32 Å². The Morgan fingerprint density at radius 3 is 2.62 bits per heavy atom. The zero-order valence-corrected chi connectivity index (χ0v) is 15.4. The number of aromatic nitrogens is 4. The molecule has 146 valence electrons. The van der Waals surface area contributed by atoms with Crippen molar-refractivity contribution >= 4 is 28.7 Å². The molecule has 2 heterocycles. The molecule has 29 heavy (non-hydrogen) atoms. The number of nitrogens with zero attached hydrogens (tertiary/aromatic N) is 3. The minimum Gasteiger partial charge on any atom is -0.326 e. The van der Waals surface area contributed by atoms with Gasteiger partial charge in [-0.25, -0.2) is 18.4 Å². The van der Waals surface area contributed by atoms with Crippen molar-refractivity contribution in [3.63, 3.8) is 0 Å². The van der Waals surface area contributed by atoms with Crippen LogP contribution in [0.25, 0.3) is 16.8 Å². The third-order valence-electron chi connectivity index (χ3n) is 4.14. The molecule has 7 nitrogen and oxygen atoms in total. The van der Waals surface area contributed by atoms with Gasteiger partial charge >= 0.3 is 0 Å². The molecule has 0 aliphatic heterocycles. The number of carbonyl (C=O) groups is 1. The number of H-pyrrole nitrogens is 1. The van der Waals surface area contributed by atoms with E-state index in [2.05, 4.69) is 20.6 Å². The molecule has 10 heteroatoms. The quantitative estimate of drug-likeness (QED) is 0.535. The number of amides is 1. The highest BCUT2D eigenvalue weighted by molar-refractivity contribution is 6.31. The Morgan fingerprint density at radius 2 is 1.90 bits per heavy atom. The topological polar surface area (TPSA) is 92.2 Å². The lowest BCUT2D eigenvalue weighted by molar-refractivity contribution is -0.115. The summed E-state index contributed by atoms with van der Waals surface area (Å²) in [5, 5.41) is 13.0. The minimum absolute atomic E-state index is 0.122. The van der Waals surface area contributed by atoms with E-state index in [1.807, 2.05) is 0 Å². The normalized spacial score (nSPS) is 11.0. The van der Waals surface area contributed by atoms with E-state index in [-0.39, 0.29) is 22.8 Å². The Hall–Kier alpha value is -3.59. The summed E-state index contributed by atoms with van der Waals surface area (Å²) < 4.78 is 27.6. The molecule has 0 unspecified atom stereocenters. The lowest BCUT2D eigenvalue weighted by atomic mass is 10.1. The van der Waals surface area contributed by atoms with E-state index in [1.54, 1.807) is 0 Å². The van der Waals surface area contributed by atoms with Crippen LogP contribution in [0.5, 0.6) is 0 Å². The van der Waals surface area contributed by atoms with E-state index in [1.165, 1.54) is 47.0 Å². The van der Waals surface area contributed by atoms with Crippen LogP contribution in [0.4, 0.5) is 14.5 Å². The predicted molar refractivity (Wildman–Crippen MR) is 103 cm³/mol. The van der Waals surface area contributed by atoms with E-state index < -0.39 is 23.1 Å². The van der Waals surface area contributed by atoms with Gasteiger partial charge in [0, 0.05) is 11.3 Å². The third kappa shape index (κ3) is 3.85. The first kappa shape index (κ1) is 18.8. The van der Waals surface area contributed by atoms with Crippen molar-refractivity contribution in [3.05, 3.63) is 81.4 Å². The van der Waals surface area contributed by atoms with E-state index in [4.69, 9.17) is 11.6 Å². The van der Waals surface area contributed by atoms with Crippen LogP contribution in [0, 0.1) is 11.6 Å². The lowest BCUT2D eigenvalue weighted by Gasteiger charge is -2.06. The summed E-state index contributed by atoms with van der Waals surface area (Å²) in [6.45, 7) is 0. The molecule has 0 atom stereocenters. The first-order chi connectivity index (χ1) is 13.9. The molecule has 0 aliphatic rings. The minimum atomic E-state index is -0.599. The average Bonchev–Trinajstić information content (AvgIpc) is 3.14. The Bertz CT molecular complexity index is 1280. The highest BCUT2D eigenvalue weighted by atomic mass is 35.5. The SMILES string of the molecule is O=C(Cc1n[nH]c(=O)c2cc(-c3ccc(F)cc3)nn12)Nc1ccc(F)c(Cl)c1. The molecule has 2 aromatic heterocycles. The fraction of sp³-hybridized carbons (Fsp3) is 0.0526. The second-order valence-corrected chi connectivity index (χ2v) is 6.56. The fourth-order valence-electron chi connectivity index (χ4n) is 2.76. The van der Waals surface area contributed by atoms with Crippen LogP contribution in [0.1, 0.15) is 5.82 Å². The predicted octanol–water partition coefficient (Wildman–Crippen LogP) is 3.20. The summed E-state index contributed by atoms with van der Waals surface area (Å²) in [5.41, 5.74) is 1.04. The largest absolute Gasteiger partial charge is 0.326 e. The third-order valence-corrected chi connectivity index (χ3v) is 4.42. The Kier molecular flexibility index (Phi) is 4.81. The molecule has 0 saturated heterocycles. The first-order valence-corrected chi connectivity index (χ1v) is 8.77. The molecule has 0 fully saturated rings. The maximum atomic E-state index is 13.2. The molecule has 4 rings (SSSR count). The van der Waals surface area contributed by atoms with Crippen molar-refractivity contribution in [2.75, 3.05) is 5.32 Å². The number of hydrogen-bond donors (Lipinski definition) is 2. The van der Waals surface area contributed by atoms with Gasteiger partial charge in [0.1, 0.15) is 17.2 Å². The summed E-state index contributed by atoms with van der Waals surface area (Å²) in [4.78, 5) is 24.4. The van der Waals surface area contributed by atoms with Gasteiger partial charge in [0.2, 0.25) is 5.91 Å². The molecule has 0 saturated carbocycles. The standard InChI is InChI=1S/C19H12ClF2N5O2/c20-13-7-12(5-6-14(13)22)23-18(28)9-17-24-25-19(29)16-8-15(26-27(16)17)10-1-3-11(21)4-2-10/h1-8H,9H2,(H,23,28)(H,25,29). The van der Waals surface area contributed by atoms with Crippen LogP contribution in [0.15, 0.2) is 53.3 Å². The molecule has 0 bridgehead atoms. The van der Waals surface area contributed by atoms with Gasteiger partial charge in [-0.3, -0.25) is 9.59 Å². The van der Waals surface area contributed by atoms with Crippen LogP contribution in [0.2, 0.25) is 5.02 Å². The molecule has 4 aromatic rings. The molecule has 1 amide bonds. The van der Waals surface area contributed by atoms with Gasteiger partial charge in [0.25, 0.3) is 5.56 Å². The van der Waals surface area contributed by atoms with Gasteiger partial charge in [-0.2, -0.15) is 10.2 Å². The Morgan fingerprint density at radius 1 is 1.14 bits per heavy atom. The van der Waals surface area contributed by atoms with E-state index in [0.29, 0.717) is 16.9 Å². The highest BCUT2D eigenvalue weighted by Crippen LogP contribution is 2.21. The number of anilines is 1. The number of halogens is 3.